The number of hydrogen-bond acceptors (Lipinski definition) is 2. The van der Waals surface area contributed by atoms with Crippen molar-refractivity contribution in [1.82, 2.24) is 10.9 Å². The highest BCUT2D eigenvalue weighted by molar-refractivity contribution is 5.99. The van der Waals surface area contributed by atoms with Gasteiger partial charge < -0.3 is 0 Å². The fourth-order valence-corrected chi connectivity index (χ4v) is 1.94. The zero-order valence-corrected chi connectivity index (χ0v) is 12.4. The summed E-state index contributed by atoms with van der Waals surface area (Å²) in [6.45, 7) is 5.72. The average Bonchev–Trinajstić information content (AvgIpc) is 2.47. The summed E-state index contributed by atoms with van der Waals surface area (Å²) in [7, 11) is 0. The standard InChI is InChI=1S/C17H18N2O2/c1-11-5-8-14(9-6-11)16(20)18-19-17(21)15-10-12(2)4-7-13(15)3/h4-10H,1-3H3,(H,18,20)(H,19,21). The summed E-state index contributed by atoms with van der Waals surface area (Å²) in [4.78, 5) is 24.0. The van der Waals surface area contributed by atoms with Crippen LogP contribution in [0.1, 0.15) is 37.4 Å². The van der Waals surface area contributed by atoms with E-state index in [9.17, 15) is 9.59 Å². The van der Waals surface area contributed by atoms with Gasteiger partial charge in [0.15, 0.2) is 0 Å². The van der Waals surface area contributed by atoms with Crippen molar-refractivity contribution >= 4 is 11.8 Å². The normalized spacial score (nSPS) is 10.0. The summed E-state index contributed by atoms with van der Waals surface area (Å²) in [6.07, 6.45) is 0. The Bertz CT molecular complexity index is 676. The molecule has 0 unspecified atom stereocenters. The summed E-state index contributed by atoms with van der Waals surface area (Å²) in [5.74, 6) is -0.662. The molecule has 0 aliphatic rings. The molecule has 0 spiro atoms. The van der Waals surface area contributed by atoms with E-state index in [1.54, 1.807) is 18.2 Å². The maximum atomic E-state index is 12.1. The lowest BCUT2D eigenvalue weighted by Crippen LogP contribution is -2.41. The second-order valence-corrected chi connectivity index (χ2v) is 5.09. The molecule has 0 aliphatic carbocycles. The predicted octanol–water partition coefficient (Wildman–Crippen LogP) is 2.69. The first-order valence-corrected chi connectivity index (χ1v) is 6.72. The minimum Gasteiger partial charge on any atom is -0.267 e. The van der Waals surface area contributed by atoms with Gasteiger partial charge in [-0.05, 0) is 44.5 Å². The van der Waals surface area contributed by atoms with E-state index in [0.29, 0.717) is 11.1 Å². The highest BCUT2D eigenvalue weighted by atomic mass is 16.2. The molecule has 21 heavy (non-hydrogen) atoms. The quantitative estimate of drug-likeness (QED) is 0.832. The van der Waals surface area contributed by atoms with E-state index in [0.717, 1.165) is 16.7 Å². The van der Waals surface area contributed by atoms with Crippen LogP contribution >= 0.6 is 0 Å². The first-order valence-electron chi connectivity index (χ1n) is 6.72. The molecular weight excluding hydrogens is 264 g/mol. The number of amides is 2. The first kappa shape index (κ1) is 14.8. The molecule has 0 aromatic heterocycles. The van der Waals surface area contributed by atoms with Gasteiger partial charge in [0.2, 0.25) is 0 Å². The molecule has 2 amide bonds. The van der Waals surface area contributed by atoms with Gasteiger partial charge in [0, 0.05) is 11.1 Å². The van der Waals surface area contributed by atoms with Gasteiger partial charge in [0.05, 0.1) is 0 Å². The van der Waals surface area contributed by atoms with Crippen LogP contribution in [0.5, 0.6) is 0 Å². The van der Waals surface area contributed by atoms with Crippen molar-refractivity contribution in [2.75, 3.05) is 0 Å². The zero-order chi connectivity index (χ0) is 15.4. The van der Waals surface area contributed by atoms with Crippen LogP contribution in [0.15, 0.2) is 42.5 Å². The Balaban J connectivity index is 2.02. The van der Waals surface area contributed by atoms with Gasteiger partial charge in [-0.3, -0.25) is 20.4 Å². The van der Waals surface area contributed by atoms with Crippen molar-refractivity contribution in [3.63, 3.8) is 0 Å². The van der Waals surface area contributed by atoms with Gasteiger partial charge in [-0.25, -0.2) is 0 Å². The highest BCUT2D eigenvalue weighted by Crippen LogP contribution is 2.10. The number of hydrogen-bond donors (Lipinski definition) is 2. The zero-order valence-electron chi connectivity index (χ0n) is 12.4. The minimum absolute atomic E-state index is 0.323. The number of nitrogens with one attached hydrogen (secondary N) is 2. The van der Waals surface area contributed by atoms with Crippen LogP contribution in [0.25, 0.3) is 0 Å². The van der Waals surface area contributed by atoms with Crippen molar-refractivity contribution < 1.29 is 9.59 Å². The van der Waals surface area contributed by atoms with Gasteiger partial charge in [0.1, 0.15) is 0 Å². The van der Waals surface area contributed by atoms with E-state index >= 15 is 0 Å². The molecule has 2 rings (SSSR count). The maximum absolute atomic E-state index is 12.1. The molecule has 4 nitrogen and oxygen atoms in total. The molecule has 0 saturated carbocycles. The van der Waals surface area contributed by atoms with Crippen LogP contribution in [0.3, 0.4) is 0 Å². The van der Waals surface area contributed by atoms with Gasteiger partial charge >= 0.3 is 0 Å². The molecular formula is C17H18N2O2. The van der Waals surface area contributed by atoms with Gasteiger partial charge in [-0.1, -0.05) is 35.4 Å². The fraction of sp³-hybridized carbons (Fsp3) is 0.176. The number of carbonyl (C=O) groups excluding carboxylic acids is 2. The molecule has 0 bridgehead atoms. The smallest absolute Gasteiger partial charge is 0.267 e. The number of carbonyl (C=O) groups is 2. The van der Waals surface area contributed by atoms with Gasteiger partial charge in [0.25, 0.3) is 11.8 Å². The number of rotatable bonds is 2. The van der Waals surface area contributed by atoms with Crippen molar-refractivity contribution in [1.29, 1.82) is 0 Å². The van der Waals surface area contributed by atoms with Crippen LogP contribution < -0.4 is 10.9 Å². The Morgan fingerprint density at radius 1 is 0.762 bits per heavy atom. The Morgan fingerprint density at radius 3 is 2.00 bits per heavy atom. The van der Waals surface area contributed by atoms with E-state index in [1.807, 2.05) is 45.0 Å². The third-order valence-electron chi connectivity index (χ3n) is 3.24. The van der Waals surface area contributed by atoms with Crippen molar-refractivity contribution in [3.8, 4) is 0 Å². The summed E-state index contributed by atoms with van der Waals surface area (Å²) in [6, 6.07) is 12.7. The van der Waals surface area contributed by atoms with E-state index < -0.39 is 0 Å². The topological polar surface area (TPSA) is 58.2 Å². The van der Waals surface area contributed by atoms with Crippen molar-refractivity contribution in [2.24, 2.45) is 0 Å². The van der Waals surface area contributed by atoms with E-state index in [-0.39, 0.29) is 11.8 Å². The van der Waals surface area contributed by atoms with Crippen molar-refractivity contribution in [3.05, 3.63) is 70.3 Å². The Kier molecular flexibility index (Phi) is 4.38. The Morgan fingerprint density at radius 2 is 1.33 bits per heavy atom. The van der Waals surface area contributed by atoms with Gasteiger partial charge in [-0.15, -0.1) is 0 Å². The van der Waals surface area contributed by atoms with Crippen molar-refractivity contribution in [2.45, 2.75) is 20.8 Å². The summed E-state index contributed by atoms with van der Waals surface area (Å²) < 4.78 is 0. The number of aryl methyl sites for hydroxylation is 3. The van der Waals surface area contributed by atoms with E-state index in [4.69, 9.17) is 0 Å². The molecule has 0 atom stereocenters. The second-order valence-electron chi connectivity index (χ2n) is 5.09. The number of hydrazine groups is 1. The molecule has 4 heteroatoms. The average molecular weight is 282 g/mol. The van der Waals surface area contributed by atoms with Gasteiger partial charge in [-0.2, -0.15) is 0 Å². The minimum atomic E-state index is -0.339. The third-order valence-corrected chi connectivity index (χ3v) is 3.24. The van der Waals surface area contributed by atoms with Crippen LogP contribution in [0.2, 0.25) is 0 Å². The summed E-state index contributed by atoms with van der Waals surface area (Å²) >= 11 is 0. The van der Waals surface area contributed by atoms with E-state index in [2.05, 4.69) is 10.9 Å². The molecule has 2 aromatic carbocycles. The Labute approximate surface area is 124 Å². The van der Waals surface area contributed by atoms with E-state index in [1.165, 1.54) is 0 Å². The Hall–Kier alpha value is -2.62. The maximum Gasteiger partial charge on any atom is 0.269 e. The van der Waals surface area contributed by atoms with Crippen LogP contribution in [-0.4, -0.2) is 11.8 Å². The predicted molar refractivity (Wildman–Crippen MR) is 82.0 cm³/mol. The third kappa shape index (κ3) is 3.69. The number of benzene rings is 2. The highest BCUT2D eigenvalue weighted by Gasteiger charge is 2.11. The molecule has 0 aliphatic heterocycles. The monoisotopic (exact) mass is 282 g/mol. The summed E-state index contributed by atoms with van der Waals surface area (Å²) in [5, 5.41) is 0. The lowest BCUT2D eigenvalue weighted by atomic mass is 10.1. The first-order chi connectivity index (χ1) is 9.97. The van der Waals surface area contributed by atoms with Crippen LogP contribution in [0, 0.1) is 20.8 Å². The molecule has 0 fully saturated rings. The van der Waals surface area contributed by atoms with Crippen LogP contribution in [0.4, 0.5) is 0 Å². The lowest BCUT2D eigenvalue weighted by Gasteiger charge is -2.10. The molecule has 0 heterocycles. The largest absolute Gasteiger partial charge is 0.269 e. The molecule has 0 saturated heterocycles. The SMILES string of the molecule is Cc1ccc(C(=O)NNC(=O)c2cc(C)ccc2C)cc1. The summed E-state index contributed by atoms with van der Waals surface area (Å²) in [5.41, 5.74) is 8.86. The molecule has 108 valence electrons. The fourth-order valence-electron chi connectivity index (χ4n) is 1.94. The second kappa shape index (κ2) is 6.22. The molecule has 2 N–H and O–H groups in total. The van der Waals surface area contributed by atoms with Crippen LogP contribution in [-0.2, 0) is 0 Å². The lowest BCUT2D eigenvalue weighted by molar-refractivity contribution is 0.0846. The molecule has 0 radical (unpaired) electrons. The molecule has 2 aromatic rings.